The lowest BCUT2D eigenvalue weighted by atomic mass is 10.2. The third kappa shape index (κ3) is 4.87. The van der Waals surface area contributed by atoms with Crippen molar-refractivity contribution in [3.63, 3.8) is 0 Å². The first kappa shape index (κ1) is 18.3. The summed E-state index contributed by atoms with van der Waals surface area (Å²) in [6.07, 6.45) is -6.10. The molecule has 0 radical (unpaired) electrons. The van der Waals surface area contributed by atoms with Gasteiger partial charge in [0.1, 0.15) is 5.75 Å². The van der Waals surface area contributed by atoms with Crippen molar-refractivity contribution in [1.29, 1.82) is 0 Å². The highest BCUT2D eigenvalue weighted by molar-refractivity contribution is 6.06. The average Bonchev–Trinajstić information content (AvgIpc) is 2.43. The Morgan fingerprint density at radius 3 is 2.13 bits per heavy atom. The number of halogens is 3. The number of primary amides is 2. The molecule has 1 aromatic rings. The van der Waals surface area contributed by atoms with Crippen LogP contribution in [0.3, 0.4) is 0 Å². The summed E-state index contributed by atoms with van der Waals surface area (Å²) in [5.74, 6) is -4.00. The lowest BCUT2D eigenvalue weighted by Gasteiger charge is -2.19. The molecule has 0 saturated carbocycles. The van der Waals surface area contributed by atoms with Crippen LogP contribution in [0.1, 0.15) is 12.5 Å². The van der Waals surface area contributed by atoms with Crippen LogP contribution in [0.4, 0.5) is 13.2 Å². The Kier molecular flexibility index (Phi) is 5.55. The third-order valence-electron chi connectivity index (χ3n) is 2.72. The zero-order chi connectivity index (χ0) is 17.8. The molecule has 0 spiro atoms. The summed E-state index contributed by atoms with van der Waals surface area (Å²) in [6.45, 7) is 1.14. The van der Waals surface area contributed by atoms with Gasteiger partial charge in [0.25, 0.3) is 5.91 Å². The molecule has 1 atom stereocenters. The number of para-hydroxylation sites is 1. The maximum Gasteiger partial charge on any atom is 0.419 e. The van der Waals surface area contributed by atoms with Gasteiger partial charge in [-0.15, -0.1) is 0 Å². The van der Waals surface area contributed by atoms with E-state index in [1.807, 2.05) is 5.32 Å². The molecule has 0 aromatic heterocycles. The van der Waals surface area contributed by atoms with E-state index in [2.05, 4.69) is 0 Å². The molecule has 0 aliphatic rings. The number of ether oxygens (including phenoxy) is 1. The first-order valence-electron chi connectivity index (χ1n) is 6.26. The fourth-order valence-corrected chi connectivity index (χ4v) is 1.59. The van der Waals surface area contributed by atoms with Gasteiger partial charge in [-0.3, -0.25) is 14.4 Å². The van der Waals surface area contributed by atoms with E-state index in [4.69, 9.17) is 16.2 Å². The van der Waals surface area contributed by atoms with Crippen LogP contribution >= 0.6 is 0 Å². The summed E-state index contributed by atoms with van der Waals surface area (Å²) in [5.41, 5.74) is 8.68. The molecule has 3 amide bonds. The maximum absolute atomic E-state index is 12.8. The molecule has 1 aromatic carbocycles. The smallest absolute Gasteiger partial charge is 0.419 e. The normalized spacial score (nSPS) is 12.6. The number of amides is 3. The molecule has 126 valence electrons. The van der Waals surface area contributed by atoms with Crippen LogP contribution in [0.5, 0.6) is 5.75 Å². The number of nitrogens with two attached hydrogens (primary N) is 2. The Morgan fingerprint density at radius 1 is 1.13 bits per heavy atom. The van der Waals surface area contributed by atoms with E-state index in [9.17, 15) is 27.6 Å². The summed E-state index contributed by atoms with van der Waals surface area (Å²) in [5, 5.41) is 1.90. The Labute approximate surface area is 128 Å². The highest BCUT2D eigenvalue weighted by Gasteiger charge is 2.35. The second kappa shape index (κ2) is 6.99. The Hall–Kier alpha value is -2.78. The summed E-state index contributed by atoms with van der Waals surface area (Å²) in [4.78, 5) is 33.7. The Balaban J connectivity index is 2.88. The van der Waals surface area contributed by atoms with E-state index < -0.39 is 47.4 Å². The Bertz CT molecular complexity index is 605. The number of benzene rings is 1. The van der Waals surface area contributed by atoms with Crippen LogP contribution < -0.4 is 21.5 Å². The number of nitrogens with one attached hydrogen (secondary N) is 1. The lowest BCUT2D eigenvalue weighted by molar-refractivity contribution is -0.141. The van der Waals surface area contributed by atoms with Crippen molar-refractivity contribution in [1.82, 2.24) is 5.32 Å². The molecule has 0 saturated heterocycles. The van der Waals surface area contributed by atoms with E-state index in [-0.39, 0.29) is 0 Å². The van der Waals surface area contributed by atoms with Gasteiger partial charge in [-0.05, 0) is 19.1 Å². The van der Waals surface area contributed by atoms with Crippen LogP contribution in [-0.2, 0) is 20.6 Å². The fourth-order valence-electron chi connectivity index (χ4n) is 1.59. The average molecular weight is 333 g/mol. The summed E-state index contributed by atoms with van der Waals surface area (Å²) in [7, 11) is 0. The standard InChI is InChI=1S/C13H14F3N3O4/c1-6(12(22)19-9(10(17)20)11(18)21)23-8-5-3-2-4-7(8)13(14,15)16/h2-6,9H,1H3,(H2,17,20)(H2,18,21)(H,19,22). The molecule has 1 rings (SSSR count). The van der Waals surface area contributed by atoms with Crippen LogP contribution in [-0.4, -0.2) is 29.9 Å². The highest BCUT2D eigenvalue weighted by Crippen LogP contribution is 2.36. The molecule has 10 heteroatoms. The second-order valence-electron chi connectivity index (χ2n) is 4.50. The molecule has 0 bridgehead atoms. The van der Waals surface area contributed by atoms with Gasteiger partial charge in [0.2, 0.25) is 11.8 Å². The number of hydrogen-bond acceptors (Lipinski definition) is 4. The topological polar surface area (TPSA) is 125 Å². The van der Waals surface area contributed by atoms with Gasteiger partial charge in [-0.1, -0.05) is 12.1 Å². The minimum atomic E-state index is -4.67. The van der Waals surface area contributed by atoms with Gasteiger partial charge in [0.05, 0.1) is 5.56 Å². The predicted molar refractivity (Wildman–Crippen MR) is 71.9 cm³/mol. The van der Waals surface area contributed by atoms with Crippen molar-refractivity contribution >= 4 is 17.7 Å². The zero-order valence-electron chi connectivity index (χ0n) is 11.9. The van der Waals surface area contributed by atoms with E-state index >= 15 is 0 Å². The van der Waals surface area contributed by atoms with Gasteiger partial charge in [-0.25, -0.2) is 0 Å². The fraction of sp³-hybridized carbons (Fsp3) is 0.308. The van der Waals surface area contributed by atoms with Crippen molar-refractivity contribution < 1.29 is 32.3 Å². The number of rotatable bonds is 6. The molecule has 0 aliphatic heterocycles. The van der Waals surface area contributed by atoms with Crippen molar-refractivity contribution in [3.8, 4) is 5.75 Å². The Morgan fingerprint density at radius 2 is 1.65 bits per heavy atom. The second-order valence-corrected chi connectivity index (χ2v) is 4.50. The van der Waals surface area contributed by atoms with Crippen molar-refractivity contribution in [2.75, 3.05) is 0 Å². The van der Waals surface area contributed by atoms with Crippen molar-refractivity contribution in [2.24, 2.45) is 11.5 Å². The zero-order valence-corrected chi connectivity index (χ0v) is 11.9. The van der Waals surface area contributed by atoms with E-state index in [0.717, 1.165) is 25.1 Å². The minimum absolute atomic E-state index is 0.572. The highest BCUT2D eigenvalue weighted by atomic mass is 19.4. The van der Waals surface area contributed by atoms with Gasteiger partial charge >= 0.3 is 6.18 Å². The third-order valence-corrected chi connectivity index (χ3v) is 2.72. The minimum Gasteiger partial charge on any atom is -0.480 e. The number of carbonyl (C=O) groups excluding carboxylic acids is 3. The SMILES string of the molecule is CC(Oc1ccccc1C(F)(F)F)C(=O)NC(C(N)=O)C(N)=O. The van der Waals surface area contributed by atoms with Crippen LogP contribution in [0, 0.1) is 0 Å². The molecule has 0 fully saturated rings. The molecular weight excluding hydrogens is 319 g/mol. The summed E-state index contributed by atoms with van der Waals surface area (Å²) >= 11 is 0. The molecular formula is C13H14F3N3O4. The van der Waals surface area contributed by atoms with Gasteiger partial charge in [-0.2, -0.15) is 13.2 Å². The van der Waals surface area contributed by atoms with Crippen molar-refractivity contribution in [3.05, 3.63) is 29.8 Å². The first-order valence-corrected chi connectivity index (χ1v) is 6.26. The van der Waals surface area contributed by atoms with Crippen LogP contribution in [0.15, 0.2) is 24.3 Å². The monoisotopic (exact) mass is 333 g/mol. The van der Waals surface area contributed by atoms with Crippen LogP contribution in [0.2, 0.25) is 0 Å². The van der Waals surface area contributed by atoms with Gasteiger partial charge < -0.3 is 21.5 Å². The van der Waals surface area contributed by atoms with Crippen molar-refractivity contribution in [2.45, 2.75) is 25.2 Å². The molecule has 7 nitrogen and oxygen atoms in total. The number of carbonyl (C=O) groups is 3. The van der Waals surface area contributed by atoms with E-state index in [0.29, 0.717) is 0 Å². The maximum atomic E-state index is 12.8. The molecule has 0 heterocycles. The number of hydrogen-bond donors (Lipinski definition) is 3. The predicted octanol–water partition coefficient (Wildman–Crippen LogP) is -0.0719. The molecule has 5 N–H and O–H groups in total. The largest absolute Gasteiger partial charge is 0.480 e. The van der Waals surface area contributed by atoms with Gasteiger partial charge in [0, 0.05) is 0 Å². The lowest BCUT2D eigenvalue weighted by Crippen LogP contribution is -2.55. The van der Waals surface area contributed by atoms with Crippen LogP contribution in [0.25, 0.3) is 0 Å². The summed E-state index contributed by atoms with van der Waals surface area (Å²) < 4.78 is 43.4. The van der Waals surface area contributed by atoms with Gasteiger partial charge in [0.15, 0.2) is 12.1 Å². The van der Waals surface area contributed by atoms with E-state index in [1.165, 1.54) is 6.07 Å². The summed E-state index contributed by atoms with van der Waals surface area (Å²) in [6, 6.07) is 2.50. The first-order chi connectivity index (χ1) is 10.5. The molecule has 1 unspecified atom stereocenters. The molecule has 23 heavy (non-hydrogen) atoms. The van der Waals surface area contributed by atoms with E-state index in [1.54, 1.807) is 0 Å². The quantitative estimate of drug-likeness (QED) is 0.630. The molecule has 0 aliphatic carbocycles. The number of alkyl halides is 3.